The van der Waals surface area contributed by atoms with Crippen LogP contribution in [0.4, 0.5) is 0 Å². The van der Waals surface area contributed by atoms with Crippen molar-refractivity contribution in [3.05, 3.63) is 39.3 Å². The Morgan fingerprint density at radius 2 is 2.05 bits per heavy atom. The fourth-order valence-corrected chi connectivity index (χ4v) is 2.41. The van der Waals surface area contributed by atoms with Gasteiger partial charge in [-0.3, -0.25) is 0 Å². The average molecular weight is 323 g/mol. The lowest BCUT2D eigenvalue weighted by atomic mass is 10.1. The number of pyridine rings is 1. The van der Waals surface area contributed by atoms with Crippen molar-refractivity contribution >= 4 is 15.9 Å². The molecule has 2 aromatic heterocycles. The maximum absolute atomic E-state index is 5.82. The van der Waals surface area contributed by atoms with Crippen LogP contribution in [-0.2, 0) is 6.42 Å². The molecule has 4 nitrogen and oxygen atoms in total. The molecule has 0 saturated carbocycles. The van der Waals surface area contributed by atoms with E-state index in [0.717, 1.165) is 39.2 Å². The molecule has 2 aromatic rings. The van der Waals surface area contributed by atoms with Crippen LogP contribution in [0.5, 0.6) is 0 Å². The van der Waals surface area contributed by atoms with E-state index in [1.54, 1.807) is 0 Å². The lowest BCUT2D eigenvalue weighted by Gasteiger charge is -2.10. The maximum Gasteiger partial charge on any atom is 0.156 e. The molecule has 0 aliphatic rings. The molecule has 0 radical (unpaired) electrons. The number of aromatic nitrogens is 3. The number of halogens is 1. The van der Waals surface area contributed by atoms with E-state index in [2.05, 4.69) is 39.0 Å². The van der Waals surface area contributed by atoms with Crippen LogP contribution in [0.1, 0.15) is 29.4 Å². The number of nitrogens with zero attached hydrogens (tertiary/aromatic N) is 3. The van der Waals surface area contributed by atoms with Crippen molar-refractivity contribution in [3.8, 4) is 5.82 Å². The lowest BCUT2D eigenvalue weighted by Crippen LogP contribution is -2.18. The Bertz CT molecular complexity index is 602. The second-order valence-electron chi connectivity index (χ2n) is 5.06. The highest BCUT2D eigenvalue weighted by Gasteiger charge is 2.13. The van der Waals surface area contributed by atoms with Gasteiger partial charge in [0.1, 0.15) is 0 Å². The van der Waals surface area contributed by atoms with Crippen molar-refractivity contribution in [2.45, 2.75) is 40.2 Å². The van der Waals surface area contributed by atoms with Crippen molar-refractivity contribution < 1.29 is 0 Å². The first-order valence-corrected chi connectivity index (χ1v) is 7.12. The first kappa shape index (κ1) is 14.2. The SMILES string of the molecule is Cc1cc(CC(C)N)cnc1-n1nc(C)c(Br)c1C. The van der Waals surface area contributed by atoms with E-state index < -0.39 is 0 Å². The van der Waals surface area contributed by atoms with Crippen molar-refractivity contribution in [1.29, 1.82) is 0 Å². The van der Waals surface area contributed by atoms with Crippen molar-refractivity contribution in [3.63, 3.8) is 0 Å². The summed E-state index contributed by atoms with van der Waals surface area (Å²) >= 11 is 3.54. The molecule has 1 atom stereocenters. The molecule has 102 valence electrons. The molecule has 2 rings (SSSR count). The van der Waals surface area contributed by atoms with Crippen LogP contribution in [0, 0.1) is 20.8 Å². The van der Waals surface area contributed by atoms with Crippen molar-refractivity contribution in [2.75, 3.05) is 0 Å². The lowest BCUT2D eigenvalue weighted by molar-refractivity contribution is 0.730. The molecule has 0 spiro atoms. The Balaban J connectivity index is 2.43. The van der Waals surface area contributed by atoms with Crippen molar-refractivity contribution in [1.82, 2.24) is 14.8 Å². The van der Waals surface area contributed by atoms with Gasteiger partial charge in [-0.25, -0.2) is 9.67 Å². The van der Waals surface area contributed by atoms with E-state index in [1.807, 2.05) is 31.6 Å². The van der Waals surface area contributed by atoms with E-state index >= 15 is 0 Å². The fourth-order valence-electron chi connectivity index (χ4n) is 2.16. The molecule has 0 bridgehead atoms. The van der Waals surface area contributed by atoms with Crippen LogP contribution < -0.4 is 5.73 Å². The summed E-state index contributed by atoms with van der Waals surface area (Å²) in [6.07, 6.45) is 2.73. The van der Waals surface area contributed by atoms with E-state index in [9.17, 15) is 0 Å². The van der Waals surface area contributed by atoms with Gasteiger partial charge in [0.15, 0.2) is 5.82 Å². The Morgan fingerprint density at radius 3 is 2.53 bits per heavy atom. The van der Waals surface area contributed by atoms with Crippen LogP contribution in [-0.4, -0.2) is 20.8 Å². The van der Waals surface area contributed by atoms with Gasteiger partial charge >= 0.3 is 0 Å². The number of aryl methyl sites for hydroxylation is 2. The van der Waals surface area contributed by atoms with Gasteiger partial charge < -0.3 is 5.73 Å². The predicted octanol–water partition coefficient (Wildman–Crippen LogP) is 2.84. The molecular formula is C14H19BrN4. The maximum atomic E-state index is 5.82. The molecule has 0 aromatic carbocycles. The van der Waals surface area contributed by atoms with Gasteiger partial charge in [-0.2, -0.15) is 5.10 Å². The monoisotopic (exact) mass is 322 g/mol. The first-order chi connectivity index (χ1) is 8.90. The zero-order valence-corrected chi connectivity index (χ0v) is 13.3. The van der Waals surface area contributed by atoms with Gasteiger partial charge in [0, 0.05) is 12.2 Å². The molecular weight excluding hydrogens is 304 g/mol. The van der Waals surface area contributed by atoms with Crippen LogP contribution in [0.25, 0.3) is 5.82 Å². The van der Waals surface area contributed by atoms with Crippen LogP contribution >= 0.6 is 15.9 Å². The average Bonchev–Trinajstić information content (AvgIpc) is 2.56. The molecule has 5 heteroatoms. The quantitative estimate of drug-likeness (QED) is 0.945. The summed E-state index contributed by atoms with van der Waals surface area (Å²) in [5.41, 5.74) is 10.1. The summed E-state index contributed by atoms with van der Waals surface area (Å²) < 4.78 is 2.91. The topological polar surface area (TPSA) is 56.7 Å². The minimum atomic E-state index is 0.148. The summed E-state index contributed by atoms with van der Waals surface area (Å²) in [5.74, 6) is 0.875. The van der Waals surface area contributed by atoms with E-state index in [4.69, 9.17) is 5.73 Å². The Morgan fingerprint density at radius 1 is 1.37 bits per heavy atom. The standard InChI is InChI=1S/C14H19BrN4/c1-8-5-12(6-9(2)16)7-17-14(8)19-11(4)13(15)10(3)18-19/h5,7,9H,6,16H2,1-4H3. The molecule has 0 aliphatic carbocycles. The number of rotatable bonds is 3. The Hall–Kier alpha value is -1.20. The second-order valence-corrected chi connectivity index (χ2v) is 5.86. The van der Waals surface area contributed by atoms with Crippen molar-refractivity contribution in [2.24, 2.45) is 5.73 Å². The fraction of sp³-hybridized carbons (Fsp3) is 0.429. The second kappa shape index (κ2) is 5.43. The normalized spacial score (nSPS) is 12.7. The molecule has 1 unspecified atom stereocenters. The predicted molar refractivity (Wildman–Crippen MR) is 80.6 cm³/mol. The van der Waals surface area contributed by atoms with Gasteiger partial charge in [0.2, 0.25) is 0 Å². The van der Waals surface area contributed by atoms with Gasteiger partial charge in [-0.05, 0) is 61.2 Å². The molecule has 19 heavy (non-hydrogen) atoms. The van der Waals surface area contributed by atoms with Gasteiger partial charge in [0.05, 0.1) is 15.9 Å². The van der Waals surface area contributed by atoms with Crippen LogP contribution in [0.15, 0.2) is 16.7 Å². The molecule has 2 heterocycles. The zero-order valence-electron chi connectivity index (χ0n) is 11.7. The minimum absolute atomic E-state index is 0.148. The number of hydrogen-bond acceptors (Lipinski definition) is 3. The van der Waals surface area contributed by atoms with Crippen LogP contribution in [0.2, 0.25) is 0 Å². The summed E-state index contributed by atoms with van der Waals surface area (Å²) in [4.78, 5) is 4.54. The van der Waals surface area contributed by atoms with Gasteiger partial charge in [-0.15, -0.1) is 0 Å². The summed E-state index contributed by atoms with van der Waals surface area (Å²) in [7, 11) is 0. The van der Waals surface area contributed by atoms with Crippen LogP contribution in [0.3, 0.4) is 0 Å². The highest BCUT2D eigenvalue weighted by atomic mass is 79.9. The summed E-state index contributed by atoms with van der Waals surface area (Å²) in [5, 5.41) is 4.51. The molecule has 0 amide bonds. The summed E-state index contributed by atoms with van der Waals surface area (Å²) in [6.45, 7) is 8.06. The third-order valence-electron chi connectivity index (χ3n) is 3.07. The van der Waals surface area contributed by atoms with Gasteiger partial charge in [-0.1, -0.05) is 6.07 Å². The number of hydrogen-bond donors (Lipinski definition) is 1. The Kier molecular flexibility index (Phi) is 4.06. The largest absolute Gasteiger partial charge is 0.328 e. The van der Waals surface area contributed by atoms with E-state index in [-0.39, 0.29) is 6.04 Å². The van der Waals surface area contributed by atoms with Gasteiger partial charge in [0.25, 0.3) is 0 Å². The molecule has 2 N–H and O–H groups in total. The first-order valence-electron chi connectivity index (χ1n) is 6.33. The Labute approximate surface area is 122 Å². The third-order valence-corrected chi connectivity index (χ3v) is 4.22. The summed E-state index contributed by atoms with van der Waals surface area (Å²) in [6, 6.07) is 2.28. The number of nitrogens with two attached hydrogens (primary N) is 1. The highest BCUT2D eigenvalue weighted by Crippen LogP contribution is 2.23. The zero-order chi connectivity index (χ0) is 14.2. The minimum Gasteiger partial charge on any atom is -0.328 e. The highest BCUT2D eigenvalue weighted by molar-refractivity contribution is 9.10. The molecule has 0 saturated heterocycles. The smallest absolute Gasteiger partial charge is 0.156 e. The third kappa shape index (κ3) is 2.87. The van der Waals surface area contributed by atoms with E-state index in [1.165, 1.54) is 0 Å². The van der Waals surface area contributed by atoms with E-state index in [0.29, 0.717) is 0 Å². The molecule has 0 aliphatic heterocycles. The molecule has 0 fully saturated rings.